The van der Waals surface area contributed by atoms with Gasteiger partial charge in [-0.15, -0.1) is 0 Å². The summed E-state index contributed by atoms with van der Waals surface area (Å²) < 4.78 is 36.5. The second-order valence-electron chi connectivity index (χ2n) is 7.27. The van der Waals surface area contributed by atoms with Crippen molar-refractivity contribution >= 4 is 55.3 Å². The van der Waals surface area contributed by atoms with E-state index >= 15 is 0 Å². The maximum Gasteiger partial charge on any atom is 0.339 e. The van der Waals surface area contributed by atoms with Gasteiger partial charge in [0.2, 0.25) is 5.91 Å². The molecule has 0 unspecified atom stereocenters. The number of amides is 2. The van der Waals surface area contributed by atoms with E-state index in [0.717, 1.165) is 0 Å². The Kier molecular flexibility index (Phi) is 8.47. The molecular formula is C25H20BrN3O6S. The van der Waals surface area contributed by atoms with Crippen molar-refractivity contribution in [2.75, 3.05) is 17.7 Å². The zero-order valence-corrected chi connectivity index (χ0v) is 21.5. The Hall–Kier alpha value is -4.14. The Morgan fingerprint density at radius 3 is 2.22 bits per heavy atom. The molecule has 0 heterocycles. The van der Waals surface area contributed by atoms with E-state index in [1.807, 2.05) is 6.07 Å². The fraction of sp³-hybridized carbons (Fsp3) is 0.0800. The lowest BCUT2D eigenvalue weighted by Crippen LogP contribution is -2.13. The second-order valence-corrected chi connectivity index (χ2v) is 9.67. The summed E-state index contributed by atoms with van der Waals surface area (Å²) in [7, 11) is -2.93. The smallest absolute Gasteiger partial charge is 0.339 e. The van der Waals surface area contributed by atoms with E-state index in [-0.39, 0.29) is 32.3 Å². The normalized spacial score (nSPS) is 11.2. The van der Waals surface area contributed by atoms with Crippen LogP contribution >= 0.6 is 15.9 Å². The molecule has 0 fully saturated rings. The fourth-order valence-corrected chi connectivity index (χ4v) is 4.61. The number of nitrogens with one attached hydrogen (secondary N) is 2. The first-order chi connectivity index (χ1) is 17.1. The van der Waals surface area contributed by atoms with Crippen molar-refractivity contribution in [3.63, 3.8) is 0 Å². The molecule has 0 saturated carbocycles. The molecule has 0 spiro atoms. The summed E-state index contributed by atoms with van der Waals surface area (Å²) in [6.07, 6.45) is 1.34. The molecule has 0 aliphatic rings. The summed E-state index contributed by atoms with van der Waals surface area (Å²) >= 11 is 3.28. The van der Waals surface area contributed by atoms with Crippen LogP contribution in [0.4, 0.5) is 11.4 Å². The van der Waals surface area contributed by atoms with Gasteiger partial charge < -0.3 is 19.6 Å². The van der Waals surface area contributed by atoms with E-state index in [9.17, 15) is 23.3 Å². The molecule has 184 valence electrons. The van der Waals surface area contributed by atoms with Crippen LogP contribution in [0.5, 0.6) is 11.5 Å². The van der Waals surface area contributed by atoms with Gasteiger partial charge >= 0.3 is 10.1 Å². The number of nitrogens with zero attached hydrogens (tertiary/aromatic N) is 1. The first kappa shape index (κ1) is 26.5. The van der Waals surface area contributed by atoms with Crippen LogP contribution in [-0.4, -0.2) is 27.3 Å². The highest BCUT2D eigenvalue weighted by atomic mass is 79.9. The first-order valence-electron chi connectivity index (χ1n) is 10.3. The van der Waals surface area contributed by atoms with Gasteiger partial charge in [-0.2, -0.15) is 13.7 Å². The molecule has 0 radical (unpaired) electrons. The number of nitriles is 1. The van der Waals surface area contributed by atoms with Crippen molar-refractivity contribution in [1.82, 2.24) is 0 Å². The van der Waals surface area contributed by atoms with Crippen LogP contribution in [0, 0.1) is 11.3 Å². The molecule has 2 amide bonds. The average molecular weight is 570 g/mol. The predicted octanol–water partition coefficient (Wildman–Crippen LogP) is 4.73. The minimum atomic E-state index is -4.26. The van der Waals surface area contributed by atoms with Crippen LogP contribution < -0.4 is 19.6 Å². The molecule has 36 heavy (non-hydrogen) atoms. The number of rotatable bonds is 8. The van der Waals surface area contributed by atoms with E-state index in [1.165, 1.54) is 56.5 Å². The van der Waals surface area contributed by atoms with Crippen molar-refractivity contribution in [3.8, 4) is 17.6 Å². The van der Waals surface area contributed by atoms with Crippen LogP contribution in [0.3, 0.4) is 0 Å². The molecule has 9 nitrogen and oxygen atoms in total. The van der Waals surface area contributed by atoms with Crippen LogP contribution in [0.25, 0.3) is 6.08 Å². The minimum absolute atomic E-state index is 0.0508. The van der Waals surface area contributed by atoms with Crippen molar-refractivity contribution in [1.29, 1.82) is 5.26 Å². The largest absolute Gasteiger partial charge is 0.493 e. The lowest BCUT2D eigenvalue weighted by atomic mass is 10.1. The Bertz CT molecular complexity index is 1460. The summed E-state index contributed by atoms with van der Waals surface area (Å²) in [5.41, 5.74) is 1.18. The zero-order chi connectivity index (χ0) is 26.3. The van der Waals surface area contributed by atoms with Gasteiger partial charge in [-0.1, -0.05) is 18.2 Å². The minimum Gasteiger partial charge on any atom is -0.493 e. The molecule has 3 aromatic carbocycles. The Labute approximate surface area is 216 Å². The SMILES string of the molecule is COc1cc(/C=C(\C#N)C(=O)Nc2ccccc2)cc(Br)c1OS(=O)(=O)c1ccc(NC(C)=O)cc1. The van der Waals surface area contributed by atoms with Gasteiger partial charge in [0.05, 0.1) is 11.6 Å². The molecule has 0 aromatic heterocycles. The number of ether oxygens (including phenoxy) is 1. The molecule has 2 N–H and O–H groups in total. The fourth-order valence-electron chi connectivity index (χ4n) is 3.01. The van der Waals surface area contributed by atoms with Crippen molar-refractivity contribution in [3.05, 3.63) is 82.3 Å². The number of benzene rings is 3. The van der Waals surface area contributed by atoms with Crippen LogP contribution in [-0.2, 0) is 19.7 Å². The number of carbonyl (C=O) groups excluding carboxylic acids is 2. The third kappa shape index (κ3) is 6.71. The average Bonchev–Trinajstić information content (AvgIpc) is 2.84. The Balaban J connectivity index is 1.87. The molecule has 0 aliphatic carbocycles. The van der Waals surface area contributed by atoms with Crippen LogP contribution in [0.1, 0.15) is 12.5 Å². The number of methoxy groups -OCH3 is 1. The van der Waals surface area contributed by atoms with E-state index in [4.69, 9.17) is 8.92 Å². The summed E-state index contributed by atoms with van der Waals surface area (Å²) in [5, 5.41) is 14.7. The standard InChI is InChI=1S/C25H20BrN3O6S/c1-16(30)28-20-8-10-21(11-9-20)36(32,33)35-24-22(26)13-17(14-23(24)34-2)12-18(15-27)25(31)29-19-6-4-3-5-7-19/h3-14H,1-2H3,(H,28,30)(H,29,31)/b18-12+. The molecule has 3 rings (SSSR count). The molecule has 11 heteroatoms. The topological polar surface area (TPSA) is 135 Å². The third-order valence-electron chi connectivity index (χ3n) is 4.62. The lowest BCUT2D eigenvalue weighted by Gasteiger charge is -2.14. The first-order valence-corrected chi connectivity index (χ1v) is 12.5. The van der Waals surface area contributed by atoms with E-state index in [2.05, 4.69) is 26.6 Å². The quantitative estimate of drug-likeness (QED) is 0.227. The summed E-state index contributed by atoms with van der Waals surface area (Å²) in [6, 6.07) is 18.9. The zero-order valence-electron chi connectivity index (χ0n) is 19.1. The second kappa shape index (κ2) is 11.5. The number of carbonyl (C=O) groups is 2. The van der Waals surface area contributed by atoms with E-state index < -0.39 is 16.0 Å². The number of para-hydroxylation sites is 1. The van der Waals surface area contributed by atoms with Gasteiger partial charge in [0.1, 0.15) is 16.5 Å². The molecule has 0 atom stereocenters. The molecular weight excluding hydrogens is 550 g/mol. The number of hydrogen-bond donors (Lipinski definition) is 2. The summed E-state index contributed by atoms with van der Waals surface area (Å²) in [6.45, 7) is 1.34. The van der Waals surface area contributed by atoms with Crippen LogP contribution in [0.15, 0.2) is 81.7 Å². The van der Waals surface area contributed by atoms with Gasteiger partial charge in [-0.25, -0.2) is 0 Å². The highest BCUT2D eigenvalue weighted by molar-refractivity contribution is 9.10. The van der Waals surface area contributed by atoms with Crippen molar-refractivity contribution in [2.45, 2.75) is 11.8 Å². The molecule has 0 saturated heterocycles. The van der Waals surface area contributed by atoms with Gasteiger partial charge in [0.15, 0.2) is 11.5 Å². The van der Waals surface area contributed by atoms with Gasteiger partial charge in [0, 0.05) is 18.3 Å². The maximum atomic E-state index is 12.8. The van der Waals surface area contributed by atoms with Gasteiger partial charge in [0.25, 0.3) is 5.91 Å². The Morgan fingerprint density at radius 2 is 1.64 bits per heavy atom. The number of halogens is 1. The highest BCUT2D eigenvalue weighted by Crippen LogP contribution is 2.39. The van der Waals surface area contributed by atoms with Crippen molar-refractivity contribution < 1.29 is 26.9 Å². The van der Waals surface area contributed by atoms with Gasteiger partial charge in [-0.05, 0) is 76.1 Å². The third-order valence-corrected chi connectivity index (χ3v) is 6.44. The number of hydrogen-bond acceptors (Lipinski definition) is 7. The lowest BCUT2D eigenvalue weighted by molar-refractivity contribution is -0.114. The predicted molar refractivity (Wildman–Crippen MR) is 138 cm³/mol. The maximum absolute atomic E-state index is 12.8. The molecule has 0 bridgehead atoms. The monoisotopic (exact) mass is 569 g/mol. The van der Waals surface area contributed by atoms with E-state index in [0.29, 0.717) is 16.9 Å². The van der Waals surface area contributed by atoms with E-state index in [1.54, 1.807) is 30.3 Å². The summed E-state index contributed by atoms with van der Waals surface area (Å²) in [4.78, 5) is 23.5. The highest BCUT2D eigenvalue weighted by Gasteiger charge is 2.22. The molecule has 0 aliphatic heterocycles. The number of anilines is 2. The van der Waals surface area contributed by atoms with Gasteiger partial charge in [-0.3, -0.25) is 9.59 Å². The van der Waals surface area contributed by atoms with Crippen LogP contribution in [0.2, 0.25) is 0 Å². The summed E-state index contributed by atoms with van der Waals surface area (Å²) in [5.74, 6) is -0.964. The Morgan fingerprint density at radius 1 is 1.00 bits per heavy atom. The van der Waals surface area contributed by atoms with Crippen molar-refractivity contribution in [2.24, 2.45) is 0 Å². The molecule has 3 aromatic rings.